The summed E-state index contributed by atoms with van der Waals surface area (Å²) in [4.78, 5) is 0.883. The zero-order valence-corrected chi connectivity index (χ0v) is 8.84. The van der Waals surface area contributed by atoms with Gasteiger partial charge in [0.25, 0.3) is 0 Å². The monoisotopic (exact) mass is 219 g/mol. The average Bonchev–Trinajstić information content (AvgIpc) is 2.25. The van der Waals surface area contributed by atoms with Gasteiger partial charge < -0.3 is 5.32 Å². The summed E-state index contributed by atoms with van der Waals surface area (Å²) in [5.41, 5.74) is 1.32. The maximum absolute atomic E-state index is 13.3. The molecule has 2 aromatic rings. The van der Waals surface area contributed by atoms with Crippen molar-refractivity contribution in [3.05, 3.63) is 54.3 Å². The van der Waals surface area contributed by atoms with Gasteiger partial charge in [0.15, 0.2) is 0 Å². The van der Waals surface area contributed by atoms with E-state index in [1.54, 1.807) is 18.2 Å². The minimum Gasteiger partial charge on any atom is -0.353 e. The molecule has 0 aromatic heterocycles. The molecule has 0 bridgehead atoms. The van der Waals surface area contributed by atoms with Gasteiger partial charge >= 0.3 is 0 Å². The van der Waals surface area contributed by atoms with Crippen molar-refractivity contribution >= 4 is 24.0 Å². The van der Waals surface area contributed by atoms with Crippen LogP contribution < -0.4 is 5.32 Å². The molecule has 0 aliphatic rings. The van der Waals surface area contributed by atoms with Gasteiger partial charge in [-0.3, -0.25) is 0 Å². The van der Waals surface area contributed by atoms with Crippen LogP contribution in [0.3, 0.4) is 0 Å². The third kappa shape index (κ3) is 2.50. The summed E-state index contributed by atoms with van der Waals surface area (Å²) in [5.74, 6) is -0.257. The van der Waals surface area contributed by atoms with Crippen LogP contribution in [0.5, 0.6) is 0 Å². The molecular formula is C12H10FNS. The first-order chi connectivity index (χ1) is 7.25. The molecule has 0 aliphatic carbocycles. The Balaban J connectivity index is 2.22. The second-order valence-electron chi connectivity index (χ2n) is 3.15. The number of rotatable bonds is 2. The summed E-state index contributed by atoms with van der Waals surface area (Å²) in [6.07, 6.45) is 0. The van der Waals surface area contributed by atoms with Gasteiger partial charge in [0, 0.05) is 10.6 Å². The van der Waals surface area contributed by atoms with Crippen molar-refractivity contribution in [1.29, 1.82) is 0 Å². The maximum atomic E-state index is 13.3. The molecule has 0 amide bonds. The Morgan fingerprint density at radius 1 is 0.933 bits per heavy atom. The van der Waals surface area contributed by atoms with E-state index in [1.165, 1.54) is 6.07 Å². The van der Waals surface area contributed by atoms with Crippen LogP contribution in [0.1, 0.15) is 0 Å². The van der Waals surface area contributed by atoms with Crippen LogP contribution >= 0.6 is 12.6 Å². The van der Waals surface area contributed by atoms with E-state index >= 15 is 0 Å². The Morgan fingerprint density at radius 2 is 1.60 bits per heavy atom. The van der Waals surface area contributed by atoms with Gasteiger partial charge in [0.05, 0.1) is 5.69 Å². The Morgan fingerprint density at radius 3 is 2.27 bits per heavy atom. The molecule has 1 N–H and O–H groups in total. The van der Waals surface area contributed by atoms with Gasteiger partial charge in [-0.25, -0.2) is 4.39 Å². The van der Waals surface area contributed by atoms with Crippen molar-refractivity contribution in [2.24, 2.45) is 0 Å². The minimum atomic E-state index is -0.257. The standard InChI is InChI=1S/C12H10FNS/c13-11-3-1-2-4-12(11)14-9-5-7-10(15)8-6-9/h1-8,14-15H. The lowest BCUT2D eigenvalue weighted by atomic mass is 10.2. The molecule has 0 aliphatic heterocycles. The number of hydrogen-bond donors (Lipinski definition) is 2. The molecule has 0 saturated heterocycles. The molecule has 0 unspecified atom stereocenters. The molecule has 0 atom stereocenters. The van der Waals surface area contributed by atoms with Crippen molar-refractivity contribution in [1.82, 2.24) is 0 Å². The minimum absolute atomic E-state index is 0.257. The third-order valence-electron chi connectivity index (χ3n) is 2.02. The molecule has 0 radical (unpaired) electrons. The van der Waals surface area contributed by atoms with Crippen LogP contribution in [0.15, 0.2) is 53.4 Å². The van der Waals surface area contributed by atoms with Crippen LogP contribution in [-0.2, 0) is 0 Å². The smallest absolute Gasteiger partial charge is 0.146 e. The fourth-order valence-corrected chi connectivity index (χ4v) is 1.41. The van der Waals surface area contributed by atoms with Crippen LogP contribution in [-0.4, -0.2) is 0 Å². The average molecular weight is 219 g/mol. The highest BCUT2D eigenvalue weighted by Crippen LogP contribution is 2.20. The van der Waals surface area contributed by atoms with Crippen LogP contribution in [0.2, 0.25) is 0 Å². The summed E-state index contributed by atoms with van der Waals surface area (Å²) >= 11 is 4.18. The molecule has 0 saturated carbocycles. The molecule has 2 rings (SSSR count). The van der Waals surface area contributed by atoms with Gasteiger partial charge in [-0.2, -0.15) is 0 Å². The number of halogens is 1. The SMILES string of the molecule is Fc1ccccc1Nc1ccc(S)cc1. The van der Waals surface area contributed by atoms with E-state index in [9.17, 15) is 4.39 Å². The highest BCUT2D eigenvalue weighted by molar-refractivity contribution is 7.80. The van der Waals surface area contributed by atoms with Crippen molar-refractivity contribution in [3.63, 3.8) is 0 Å². The highest BCUT2D eigenvalue weighted by Gasteiger charge is 1.99. The first-order valence-corrected chi connectivity index (χ1v) is 5.01. The van der Waals surface area contributed by atoms with Crippen molar-refractivity contribution < 1.29 is 4.39 Å². The molecule has 0 fully saturated rings. The van der Waals surface area contributed by atoms with Crippen LogP contribution in [0, 0.1) is 5.82 Å². The van der Waals surface area contributed by atoms with Gasteiger partial charge in [-0.1, -0.05) is 12.1 Å². The summed E-state index contributed by atoms with van der Waals surface area (Å²) in [7, 11) is 0. The molecule has 2 aromatic carbocycles. The lowest BCUT2D eigenvalue weighted by Gasteiger charge is -2.06. The van der Waals surface area contributed by atoms with E-state index < -0.39 is 0 Å². The maximum Gasteiger partial charge on any atom is 0.146 e. The predicted molar refractivity (Wildman–Crippen MR) is 63.4 cm³/mol. The Kier molecular flexibility index (Phi) is 2.92. The lowest BCUT2D eigenvalue weighted by Crippen LogP contribution is -1.92. The van der Waals surface area contributed by atoms with Crippen LogP contribution in [0.4, 0.5) is 15.8 Å². The van der Waals surface area contributed by atoms with E-state index in [1.807, 2.05) is 24.3 Å². The van der Waals surface area contributed by atoms with Crippen molar-refractivity contribution in [3.8, 4) is 0 Å². The fourth-order valence-electron chi connectivity index (χ4n) is 1.26. The van der Waals surface area contributed by atoms with Crippen molar-refractivity contribution in [2.75, 3.05) is 5.32 Å². The summed E-state index contributed by atoms with van der Waals surface area (Å²) in [6.45, 7) is 0. The first kappa shape index (κ1) is 10.1. The summed E-state index contributed by atoms with van der Waals surface area (Å²) < 4.78 is 13.3. The Hall–Kier alpha value is -1.48. The van der Waals surface area contributed by atoms with Crippen molar-refractivity contribution in [2.45, 2.75) is 4.90 Å². The van der Waals surface area contributed by atoms with Crippen LogP contribution in [0.25, 0.3) is 0 Å². The van der Waals surface area contributed by atoms with Gasteiger partial charge in [0.1, 0.15) is 5.82 Å². The number of thiol groups is 1. The predicted octanol–water partition coefficient (Wildman–Crippen LogP) is 3.86. The normalized spacial score (nSPS) is 10.0. The first-order valence-electron chi connectivity index (χ1n) is 4.56. The van der Waals surface area contributed by atoms with E-state index in [0.717, 1.165) is 10.6 Å². The molecule has 0 heterocycles. The molecule has 1 nitrogen and oxygen atoms in total. The molecule has 0 spiro atoms. The van der Waals surface area contributed by atoms with E-state index in [0.29, 0.717) is 5.69 Å². The molecule has 15 heavy (non-hydrogen) atoms. The topological polar surface area (TPSA) is 12.0 Å². The Labute approximate surface area is 93.4 Å². The number of benzene rings is 2. The van der Waals surface area contributed by atoms with E-state index in [4.69, 9.17) is 0 Å². The largest absolute Gasteiger partial charge is 0.353 e. The summed E-state index contributed by atoms with van der Waals surface area (Å²) in [6, 6.07) is 14.0. The highest BCUT2D eigenvalue weighted by atomic mass is 32.1. The quantitative estimate of drug-likeness (QED) is 0.731. The molecule has 76 valence electrons. The number of hydrogen-bond acceptors (Lipinski definition) is 2. The number of para-hydroxylation sites is 1. The van der Waals surface area contributed by atoms with E-state index in [2.05, 4.69) is 17.9 Å². The van der Waals surface area contributed by atoms with Gasteiger partial charge in [0.2, 0.25) is 0 Å². The second-order valence-corrected chi connectivity index (χ2v) is 3.67. The van der Waals surface area contributed by atoms with Gasteiger partial charge in [-0.15, -0.1) is 12.6 Å². The number of anilines is 2. The van der Waals surface area contributed by atoms with E-state index in [-0.39, 0.29) is 5.82 Å². The zero-order valence-electron chi connectivity index (χ0n) is 7.94. The Bertz CT molecular complexity index is 453. The summed E-state index contributed by atoms with van der Waals surface area (Å²) in [5, 5.41) is 2.99. The number of nitrogens with one attached hydrogen (secondary N) is 1. The lowest BCUT2D eigenvalue weighted by molar-refractivity contribution is 0.632. The van der Waals surface area contributed by atoms with Gasteiger partial charge in [-0.05, 0) is 36.4 Å². The second kappa shape index (κ2) is 4.36. The fraction of sp³-hybridized carbons (Fsp3) is 0. The molecular weight excluding hydrogens is 209 g/mol. The zero-order chi connectivity index (χ0) is 10.7. The third-order valence-corrected chi connectivity index (χ3v) is 2.32. The molecule has 3 heteroatoms.